The van der Waals surface area contributed by atoms with Crippen molar-refractivity contribution in [2.45, 2.75) is 32.7 Å². The van der Waals surface area contributed by atoms with Gasteiger partial charge in [0.15, 0.2) is 0 Å². The molecule has 0 aliphatic carbocycles. The highest BCUT2D eigenvalue weighted by Gasteiger charge is 2.31. The molecule has 0 bridgehead atoms. The van der Waals surface area contributed by atoms with Gasteiger partial charge in [-0.15, -0.1) is 0 Å². The lowest BCUT2D eigenvalue weighted by Crippen LogP contribution is -2.47. The number of nitrogens with one attached hydrogen (secondary N) is 1. The Morgan fingerprint density at radius 3 is 2.12 bits per heavy atom. The van der Waals surface area contributed by atoms with Crippen molar-refractivity contribution in [2.75, 3.05) is 15.9 Å². The first-order valence-electron chi connectivity index (χ1n) is 8.41. The number of rotatable bonds is 7. The smallest absolute Gasteiger partial charge is 0.248 e. The fourth-order valence-corrected chi connectivity index (χ4v) is 3.91. The van der Waals surface area contributed by atoms with E-state index in [2.05, 4.69) is 5.32 Å². The molecule has 1 unspecified atom stereocenters. The molecule has 5 nitrogen and oxygen atoms in total. The van der Waals surface area contributed by atoms with E-state index < -0.39 is 27.8 Å². The molecule has 2 aromatic carbocycles. The Morgan fingerprint density at radius 1 is 1.08 bits per heavy atom. The van der Waals surface area contributed by atoms with Gasteiger partial charge in [-0.05, 0) is 54.8 Å². The number of sulfonamides is 1. The minimum Gasteiger partial charge on any atom is -0.324 e. The van der Waals surface area contributed by atoms with Gasteiger partial charge in [0.2, 0.25) is 15.9 Å². The van der Waals surface area contributed by atoms with E-state index in [0.29, 0.717) is 5.69 Å². The van der Waals surface area contributed by atoms with Crippen molar-refractivity contribution in [1.82, 2.24) is 0 Å². The first-order valence-corrected chi connectivity index (χ1v) is 10.3. The fourth-order valence-electron chi connectivity index (χ4n) is 2.70. The number of benzene rings is 2. The van der Waals surface area contributed by atoms with Gasteiger partial charge in [0, 0.05) is 5.69 Å². The molecule has 0 saturated heterocycles. The van der Waals surface area contributed by atoms with E-state index in [1.54, 1.807) is 19.1 Å². The zero-order valence-corrected chi connectivity index (χ0v) is 15.9. The molecule has 0 heterocycles. The molecule has 0 aromatic heterocycles. The second kappa shape index (κ2) is 8.31. The van der Waals surface area contributed by atoms with Gasteiger partial charge >= 0.3 is 0 Å². The molecule has 7 heteroatoms. The second-order valence-corrected chi connectivity index (χ2v) is 7.86. The molecule has 140 valence electrons. The summed E-state index contributed by atoms with van der Waals surface area (Å²) in [6.45, 7) is 3.76. The Labute approximate surface area is 153 Å². The van der Waals surface area contributed by atoms with Crippen molar-refractivity contribution >= 4 is 27.3 Å². The van der Waals surface area contributed by atoms with E-state index >= 15 is 0 Å². The molecule has 1 amide bonds. The van der Waals surface area contributed by atoms with Crippen LogP contribution in [0.1, 0.15) is 25.8 Å². The summed E-state index contributed by atoms with van der Waals surface area (Å²) in [6.07, 6.45) is 2.18. The average Bonchev–Trinajstić information content (AvgIpc) is 2.60. The number of aryl methyl sites for hydroxylation is 1. The normalized spacial score (nSPS) is 12.5. The van der Waals surface area contributed by atoms with Gasteiger partial charge in [-0.25, -0.2) is 12.8 Å². The highest BCUT2D eigenvalue weighted by Crippen LogP contribution is 2.23. The average molecular weight is 378 g/mol. The summed E-state index contributed by atoms with van der Waals surface area (Å²) >= 11 is 0. The van der Waals surface area contributed by atoms with Crippen LogP contribution in [0.15, 0.2) is 48.5 Å². The number of carbonyl (C=O) groups excluding carboxylic acids is 1. The fraction of sp³-hybridized carbons (Fsp3) is 0.316. The van der Waals surface area contributed by atoms with Crippen LogP contribution in [0.2, 0.25) is 0 Å². The minimum absolute atomic E-state index is 0.247. The first-order chi connectivity index (χ1) is 12.3. The molecule has 1 N–H and O–H groups in total. The van der Waals surface area contributed by atoms with Crippen molar-refractivity contribution in [1.29, 1.82) is 0 Å². The van der Waals surface area contributed by atoms with E-state index in [9.17, 15) is 17.6 Å². The van der Waals surface area contributed by atoms with Crippen molar-refractivity contribution in [2.24, 2.45) is 0 Å². The van der Waals surface area contributed by atoms with Crippen molar-refractivity contribution in [3.63, 3.8) is 0 Å². The van der Waals surface area contributed by atoms with Crippen molar-refractivity contribution in [3.8, 4) is 0 Å². The van der Waals surface area contributed by atoms with Crippen LogP contribution in [0, 0.1) is 5.82 Å². The molecular formula is C19H23FN2O3S. The quantitative estimate of drug-likeness (QED) is 0.801. The molecular weight excluding hydrogens is 355 g/mol. The van der Waals surface area contributed by atoms with E-state index in [4.69, 9.17) is 0 Å². The lowest BCUT2D eigenvalue weighted by atomic mass is 10.1. The standard InChI is InChI=1S/C19H23FN2O3S/c1-4-14-6-10-16(11-7-14)21-19(23)18(5-2)22(26(3,24)25)17-12-8-15(20)9-13-17/h6-13,18H,4-5H2,1-3H3,(H,21,23). The van der Waals surface area contributed by atoms with Crippen LogP contribution in [-0.4, -0.2) is 26.6 Å². The Kier molecular flexibility index (Phi) is 6.37. The van der Waals surface area contributed by atoms with Gasteiger partial charge in [-0.2, -0.15) is 0 Å². The van der Waals surface area contributed by atoms with Crippen molar-refractivity contribution in [3.05, 3.63) is 59.9 Å². The number of nitrogens with zero attached hydrogens (tertiary/aromatic N) is 1. The maximum atomic E-state index is 13.2. The Hall–Kier alpha value is -2.41. The van der Waals surface area contributed by atoms with Gasteiger partial charge < -0.3 is 5.32 Å². The maximum absolute atomic E-state index is 13.2. The molecule has 0 saturated carbocycles. The monoisotopic (exact) mass is 378 g/mol. The first kappa shape index (κ1) is 19.9. The van der Waals surface area contributed by atoms with E-state index in [1.807, 2.05) is 19.1 Å². The van der Waals surface area contributed by atoms with Crippen LogP contribution in [0.5, 0.6) is 0 Å². The summed E-state index contributed by atoms with van der Waals surface area (Å²) in [7, 11) is -3.74. The summed E-state index contributed by atoms with van der Waals surface area (Å²) in [5.41, 5.74) is 1.98. The third kappa shape index (κ3) is 4.82. The number of anilines is 2. The predicted octanol–water partition coefficient (Wildman–Crippen LogP) is 3.57. The van der Waals surface area contributed by atoms with Gasteiger partial charge in [-0.1, -0.05) is 26.0 Å². The summed E-state index contributed by atoms with van der Waals surface area (Å²) in [4.78, 5) is 12.7. The molecule has 0 spiro atoms. The number of carbonyl (C=O) groups is 1. The van der Waals surface area contributed by atoms with Crippen LogP contribution in [0.4, 0.5) is 15.8 Å². The van der Waals surface area contributed by atoms with E-state index in [0.717, 1.165) is 22.5 Å². The highest BCUT2D eigenvalue weighted by molar-refractivity contribution is 7.92. The highest BCUT2D eigenvalue weighted by atomic mass is 32.2. The number of halogens is 1. The zero-order valence-electron chi connectivity index (χ0n) is 15.1. The minimum atomic E-state index is -3.74. The largest absolute Gasteiger partial charge is 0.324 e. The summed E-state index contributed by atoms with van der Waals surface area (Å²) in [6, 6.07) is 11.5. The number of hydrogen-bond donors (Lipinski definition) is 1. The molecule has 0 aliphatic rings. The topological polar surface area (TPSA) is 66.5 Å². The Bertz CT molecular complexity index is 849. The van der Waals surface area contributed by atoms with Crippen LogP contribution in [0.3, 0.4) is 0 Å². The maximum Gasteiger partial charge on any atom is 0.248 e. The third-order valence-corrected chi connectivity index (χ3v) is 5.22. The third-order valence-electron chi connectivity index (χ3n) is 4.04. The lowest BCUT2D eigenvalue weighted by Gasteiger charge is -2.30. The summed E-state index contributed by atoms with van der Waals surface area (Å²) in [5, 5.41) is 2.76. The van der Waals surface area contributed by atoms with E-state index in [-0.39, 0.29) is 12.1 Å². The Balaban J connectivity index is 2.31. The molecule has 0 aliphatic heterocycles. The molecule has 2 aromatic rings. The van der Waals surface area contributed by atoms with Gasteiger partial charge in [0.05, 0.1) is 11.9 Å². The van der Waals surface area contributed by atoms with Crippen molar-refractivity contribution < 1.29 is 17.6 Å². The molecule has 0 fully saturated rings. The van der Waals surface area contributed by atoms with Gasteiger partial charge in [0.25, 0.3) is 0 Å². The van der Waals surface area contributed by atoms with E-state index in [1.165, 1.54) is 24.3 Å². The predicted molar refractivity (Wildman–Crippen MR) is 102 cm³/mol. The Morgan fingerprint density at radius 2 is 1.65 bits per heavy atom. The van der Waals surface area contributed by atoms with Crippen LogP contribution < -0.4 is 9.62 Å². The molecule has 1 atom stereocenters. The molecule has 0 radical (unpaired) electrons. The van der Waals surface area contributed by atoms with Crippen LogP contribution in [0.25, 0.3) is 0 Å². The SMILES string of the molecule is CCc1ccc(NC(=O)C(CC)N(c2ccc(F)cc2)S(C)(=O)=O)cc1. The second-order valence-electron chi connectivity index (χ2n) is 6.00. The molecule has 2 rings (SSSR count). The molecule has 26 heavy (non-hydrogen) atoms. The summed E-state index contributed by atoms with van der Waals surface area (Å²) < 4.78 is 38.8. The lowest BCUT2D eigenvalue weighted by molar-refractivity contribution is -0.117. The summed E-state index contributed by atoms with van der Waals surface area (Å²) in [5.74, 6) is -0.915. The van der Waals surface area contributed by atoms with Gasteiger partial charge in [0.1, 0.15) is 11.9 Å². The number of hydrogen-bond acceptors (Lipinski definition) is 3. The number of amides is 1. The van der Waals surface area contributed by atoms with Gasteiger partial charge in [-0.3, -0.25) is 9.10 Å². The zero-order chi connectivity index (χ0) is 19.3. The van der Waals surface area contributed by atoms with Crippen LogP contribution in [-0.2, 0) is 21.2 Å². The van der Waals surface area contributed by atoms with Crippen LogP contribution >= 0.6 is 0 Å².